The summed E-state index contributed by atoms with van der Waals surface area (Å²) in [5.74, 6) is 0. The fourth-order valence-corrected chi connectivity index (χ4v) is 2.88. The first-order valence-corrected chi connectivity index (χ1v) is 6.75. The van der Waals surface area contributed by atoms with E-state index in [0.29, 0.717) is 0 Å². The highest BCUT2D eigenvalue weighted by Gasteiger charge is 2.06. The molecule has 0 spiro atoms. The van der Waals surface area contributed by atoms with Crippen LogP contribution in [0.1, 0.15) is 0 Å². The number of rotatable bonds is 1. The molecule has 3 aromatic rings. The molecule has 0 bridgehead atoms. The molecule has 0 saturated carbocycles. The maximum absolute atomic E-state index is 5.75. The zero-order valence-corrected chi connectivity index (χ0v) is 11.3. The summed E-state index contributed by atoms with van der Waals surface area (Å²) in [6.45, 7) is 0. The van der Waals surface area contributed by atoms with Gasteiger partial charge in [0.15, 0.2) is 0 Å². The summed E-state index contributed by atoms with van der Waals surface area (Å²) in [5.41, 5.74) is 8.60. The van der Waals surface area contributed by atoms with Crippen LogP contribution in [0.4, 0.5) is 5.69 Å². The van der Waals surface area contributed by atoms with Gasteiger partial charge in [-0.05, 0) is 30.3 Å². The Morgan fingerprint density at radius 1 is 1.06 bits per heavy atom. The molecule has 0 amide bonds. The average Bonchev–Trinajstić information content (AvgIpc) is 2.72. The molecule has 0 aliphatic heterocycles. The molecule has 84 valence electrons. The van der Waals surface area contributed by atoms with E-state index in [9.17, 15) is 0 Å². The van der Waals surface area contributed by atoms with Gasteiger partial charge in [-0.1, -0.05) is 28.1 Å². The van der Waals surface area contributed by atoms with Crippen LogP contribution in [0, 0.1) is 0 Å². The fourth-order valence-electron chi connectivity index (χ4n) is 1.66. The topological polar surface area (TPSA) is 38.9 Å². The van der Waals surface area contributed by atoms with E-state index in [1.54, 1.807) is 11.3 Å². The molecule has 0 aliphatic carbocycles. The van der Waals surface area contributed by atoms with Crippen molar-refractivity contribution in [1.29, 1.82) is 0 Å². The largest absolute Gasteiger partial charge is 0.399 e. The van der Waals surface area contributed by atoms with Crippen LogP contribution in [0.2, 0.25) is 0 Å². The molecule has 2 nitrogen and oxygen atoms in total. The molecule has 17 heavy (non-hydrogen) atoms. The summed E-state index contributed by atoms with van der Waals surface area (Å²) in [7, 11) is 0. The van der Waals surface area contributed by atoms with Gasteiger partial charge in [-0.2, -0.15) is 0 Å². The maximum atomic E-state index is 5.75. The van der Waals surface area contributed by atoms with E-state index in [2.05, 4.69) is 33.0 Å². The third-order valence-electron chi connectivity index (χ3n) is 2.50. The summed E-state index contributed by atoms with van der Waals surface area (Å²) in [6.07, 6.45) is 0. The van der Waals surface area contributed by atoms with Crippen molar-refractivity contribution in [2.24, 2.45) is 0 Å². The van der Waals surface area contributed by atoms with Crippen LogP contribution in [0.3, 0.4) is 0 Å². The predicted octanol–water partition coefficient (Wildman–Crippen LogP) is 4.31. The van der Waals surface area contributed by atoms with Crippen molar-refractivity contribution >= 4 is 43.2 Å². The molecule has 0 fully saturated rings. The second-order valence-corrected chi connectivity index (χ2v) is 5.70. The first-order valence-electron chi connectivity index (χ1n) is 5.14. The van der Waals surface area contributed by atoms with E-state index in [1.807, 2.05) is 30.3 Å². The monoisotopic (exact) mass is 304 g/mol. The third kappa shape index (κ3) is 2.06. The van der Waals surface area contributed by atoms with E-state index in [1.165, 1.54) is 0 Å². The lowest BCUT2D eigenvalue weighted by Gasteiger charge is -1.94. The first kappa shape index (κ1) is 10.7. The van der Waals surface area contributed by atoms with E-state index in [-0.39, 0.29) is 0 Å². The zero-order chi connectivity index (χ0) is 11.8. The highest BCUT2D eigenvalue weighted by molar-refractivity contribution is 9.10. The molecule has 3 rings (SSSR count). The molecule has 2 aromatic carbocycles. The minimum Gasteiger partial charge on any atom is -0.399 e. The highest BCUT2D eigenvalue weighted by Crippen LogP contribution is 2.31. The van der Waals surface area contributed by atoms with E-state index < -0.39 is 0 Å². The summed E-state index contributed by atoms with van der Waals surface area (Å²) in [5, 5.41) is 1.03. The van der Waals surface area contributed by atoms with Crippen molar-refractivity contribution in [2.45, 2.75) is 0 Å². The van der Waals surface area contributed by atoms with Crippen molar-refractivity contribution in [3.63, 3.8) is 0 Å². The molecule has 1 heterocycles. The number of hydrogen-bond acceptors (Lipinski definition) is 3. The predicted molar refractivity (Wildman–Crippen MR) is 77.2 cm³/mol. The third-order valence-corrected chi connectivity index (χ3v) is 4.12. The molecule has 4 heteroatoms. The van der Waals surface area contributed by atoms with Gasteiger partial charge < -0.3 is 5.73 Å². The molecule has 0 aliphatic rings. The van der Waals surface area contributed by atoms with Gasteiger partial charge in [0.1, 0.15) is 5.01 Å². The highest BCUT2D eigenvalue weighted by atomic mass is 79.9. The SMILES string of the molecule is Nc1ccc2sc(-c3ccc(Br)cc3)nc2c1. The second-order valence-electron chi connectivity index (χ2n) is 3.75. The number of nitrogens with two attached hydrogens (primary N) is 1. The lowest BCUT2D eigenvalue weighted by atomic mass is 10.2. The van der Waals surface area contributed by atoms with Crippen molar-refractivity contribution in [2.75, 3.05) is 5.73 Å². The molecular weight excluding hydrogens is 296 g/mol. The number of hydrogen-bond donors (Lipinski definition) is 1. The van der Waals surface area contributed by atoms with Crippen molar-refractivity contribution in [3.05, 3.63) is 46.9 Å². The Labute approximate surface area is 111 Å². The number of thiazole rings is 1. The Kier molecular flexibility index (Phi) is 2.61. The number of nitrogens with zero attached hydrogens (tertiary/aromatic N) is 1. The minimum absolute atomic E-state index is 0.755. The van der Waals surface area contributed by atoms with Crippen molar-refractivity contribution in [1.82, 2.24) is 4.98 Å². The Morgan fingerprint density at radius 2 is 1.82 bits per heavy atom. The van der Waals surface area contributed by atoms with Gasteiger partial charge >= 0.3 is 0 Å². The average molecular weight is 305 g/mol. The number of benzene rings is 2. The molecule has 2 N–H and O–H groups in total. The van der Waals surface area contributed by atoms with Crippen LogP contribution < -0.4 is 5.73 Å². The molecule has 0 radical (unpaired) electrons. The summed E-state index contributed by atoms with van der Waals surface area (Å²) >= 11 is 5.11. The molecular formula is C13H9BrN2S. The van der Waals surface area contributed by atoms with Gasteiger partial charge in [-0.3, -0.25) is 0 Å². The number of fused-ring (bicyclic) bond motifs is 1. The number of aromatic nitrogens is 1. The number of halogens is 1. The fraction of sp³-hybridized carbons (Fsp3) is 0. The van der Waals surface area contributed by atoms with Crippen LogP contribution in [-0.2, 0) is 0 Å². The van der Waals surface area contributed by atoms with Gasteiger partial charge in [0.05, 0.1) is 10.2 Å². The second kappa shape index (κ2) is 4.13. The summed E-state index contributed by atoms with van der Waals surface area (Å²) < 4.78 is 2.24. The first-order chi connectivity index (χ1) is 8.22. The Morgan fingerprint density at radius 3 is 2.59 bits per heavy atom. The zero-order valence-electron chi connectivity index (χ0n) is 8.85. The van der Waals surface area contributed by atoms with E-state index in [4.69, 9.17) is 5.73 Å². The Hall–Kier alpha value is -1.39. The Balaban J connectivity index is 2.14. The van der Waals surface area contributed by atoms with Gasteiger partial charge in [0, 0.05) is 15.7 Å². The van der Waals surface area contributed by atoms with Crippen LogP contribution in [-0.4, -0.2) is 4.98 Å². The minimum atomic E-state index is 0.755. The molecule has 0 unspecified atom stereocenters. The number of nitrogen functional groups attached to an aromatic ring is 1. The molecule has 0 atom stereocenters. The summed E-state index contributed by atoms with van der Waals surface area (Å²) in [6, 6.07) is 14.0. The van der Waals surface area contributed by atoms with Crippen LogP contribution in [0.25, 0.3) is 20.8 Å². The van der Waals surface area contributed by atoms with E-state index >= 15 is 0 Å². The van der Waals surface area contributed by atoms with Crippen molar-refractivity contribution < 1.29 is 0 Å². The van der Waals surface area contributed by atoms with E-state index in [0.717, 1.165) is 30.9 Å². The maximum Gasteiger partial charge on any atom is 0.124 e. The lowest BCUT2D eigenvalue weighted by molar-refractivity contribution is 1.47. The lowest BCUT2D eigenvalue weighted by Crippen LogP contribution is -1.82. The summed E-state index contributed by atoms with van der Waals surface area (Å²) in [4.78, 5) is 4.60. The van der Waals surface area contributed by atoms with Gasteiger partial charge in [0.2, 0.25) is 0 Å². The standard InChI is InChI=1S/C13H9BrN2S/c14-9-3-1-8(2-4-9)13-16-11-7-10(15)5-6-12(11)17-13/h1-7H,15H2. The van der Waals surface area contributed by atoms with Crippen LogP contribution in [0.15, 0.2) is 46.9 Å². The molecule has 1 aromatic heterocycles. The van der Waals surface area contributed by atoms with Gasteiger partial charge in [0.25, 0.3) is 0 Å². The smallest absolute Gasteiger partial charge is 0.124 e. The van der Waals surface area contributed by atoms with Crippen LogP contribution >= 0.6 is 27.3 Å². The van der Waals surface area contributed by atoms with Gasteiger partial charge in [-0.15, -0.1) is 11.3 Å². The van der Waals surface area contributed by atoms with Crippen molar-refractivity contribution in [3.8, 4) is 10.6 Å². The normalized spacial score (nSPS) is 10.9. The molecule has 0 saturated heterocycles. The number of anilines is 1. The quantitative estimate of drug-likeness (QED) is 0.680. The van der Waals surface area contributed by atoms with Crippen LogP contribution in [0.5, 0.6) is 0 Å². The van der Waals surface area contributed by atoms with Gasteiger partial charge in [-0.25, -0.2) is 4.98 Å². The Bertz CT molecular complexity index is 673.